The molecule has 1 atom stereocenters. The lowest BCUT2D eigenvalue weighted by atomic mass is 9.95. The molecular weight excluding hydrogens is 320 g/mol. The number of nitrogens with zero attached hydrogens (tertiary/aromatic N) is 1. The van der Waals surface area contributed by atoms with E-state index in [0.29, 0.717) is 13.3 Å². The summed E-state index contributed by atoms with van der Waals surface area (Å²) in [7, 11) is 0. The molecule has 0 aromatic heterocycles. The summed E-state index contributed by atoms with van der Waals surface area (Å²) in [5, 5.41) is 0. The molecule has 2 N–H and O–H groups in total. The van der Waals surface area contributed by atoms with Crippen molar-refractivity contribution in [3.63, 3.8) is 0 Å². The van der Waals surface area contributed by atoms with Gasteiger partial charge in [0, 0.05) is 12.6 Å². The number of nitrogens with two attached hydrogens (primary N) is 1. The van der Waals surface area contributed by atoms with E-state index in [9.17, 15) is 0 Å². The van der Waals surface area contributed by atoms with Crippen molar-refractivity contribution in [1.82, 2.24) is 4.90 Å². The van der Waals surface area contributed by atoms with Gasteiger partial charge in [0.25, 0.3) is 0 Å². The minimum absolute atomic E-state index is 0.258. The quantitative estimate of drug-likeness (QED) is 0.918. The van der Waals surface area contributed by atoms with Gasteiger partial charge in [-0.15, -0.1) is 0 Å². The van der Waals surface area contributed by atoms with E-state index in [1.54, 1.807) is 0 Å². The van der Waals surface area contributed by atoms with Crippen LogP contribution in [0.3, 0.4) is 0 Å². The van der Waals surface area contributed by atoms with E-state index < -0.39 is 0 Å². The van der Waals surface area contributed by atoms with Gasteiger partial charge in [0.2, 0.25) is 6.79 Å². The zero-order valence-corrected chi connectivity index (χ0v) is 13.4. The highest BCUT2D eigenvalue weighted by atomic mass is 79.9. The lowest BCUT2D eigenvalue weighted by Crippen LogP contribution is -2.39. The molecule has 20 heavy (non-hydrogen) atoms. The van der Waals surface area contributed by atoms with Crippen LogP contribution in [0, 0.1) is 5.92 Å². The van der Waals surface area contributed by atoms with Crippen molar-refractivity contribution in [3.8, 4) is 11.5 Å². The Bertz CT molecular complexity index is 487. The van der Waals surface area contributed by atoms with Crippen LogP contribution in [0.4, 0.5) is 0 Å². The lowest BCUT2D eigenvalue weighted by Gasteiger charge is -2.36. The molecule has 1 aromatic carbocycles. The summed E-state index contributed by atoms with van der Waals surface area (Å²) < 4.78 is 11.9. The molecule has 3 rings (SSSR count). The maximum Gasteiger partial charge on any atom is 0.231 e. The summed E-state index contributed by atoms with van der Waals surface area (Å²) >= 11 is 3.56. The third-order valence-electron chi connectivity index (χ3n) is 4.32. The molecule has 0 bridgehead atoms. The van der Waals surface area contributed by atoms with Crippen molar-refractivity contribution in [3.05, 3.63) is 22.2 Å². The van der Waals surface area contributed by atoms with E-state index in [0.717, 1.165) is 35.0 Å². The number of piperidine rings is 1. The van der Waals surface area contributed by atoms with Gasteiger partial charge in [-0.05, 0) is 65.5 Å². The molecule has 1 unspecified atom stereocenters. The third kappa shape index (κ3) is 2.67. The highest BCUT2D eigenvalue weighted by Crippen LogP contribution is 2.42. The average Bonchev–Trinajstić information content (AvgIpc) is 2.91. The fourth-order valence-electron chi connectivity index (χ4n) is 3.02. The molecular formula is C15H21BrN2O2. The monoisotopic (exact) mass is 340 g/mol. The van der Waals surface area contributed by atoms with Crippen LogP contribution in [-0.4, -0.2) is 31.3 Å². The Balaban J connectivity index is 1.84. The molecule has 0 amide bonds. The number of likely N-dealkylation sites (tertiary alicyclic amines) is 1. The predicted octanol–water partition coefficient (Wildman–Crippen LogP) is 2.91. The standard InChI is InChI=1S/C15H21BrN2O2/c1-10-2-4-18(5-3-10)13(8-17)11-6-12(16)15-14(7-11)19-9-20-15/h6-7,10,13H,2-5,8-9,17H2,1H3. The van der Waals surface area contributed by atoms with Crippen LogP contribution in [0.25, 0.3) is 0 Å². The SMILES string of the molecule is CC1CCN(C(CN)c2cc(Br)c3c(c2)OCO3)CC1. The number of ether oxygens (including phenoxy) is 2. The average molecular weight is 341 g/mol. The predicted molar refractivity (Wildman–Crippen MR) is 82.0 cm³/mol. The molecule has 1 aromatic rings. The Morgan fingerprint density at radius 2 is 2.10 bits per heavy atom. The first-order valence-corrected chi connectivity index (χ1v) is 8.01. The van der Waals surface area contributed by atoms with Crippen molar-refractivity contribution in [1.29, 1.82) is 0 Å². The Kier molecular flexibility index (Phi) is 4.19. The number of benzene rings is 1. The topological polar surface area (TPSA) is 47.7 Å². The summed E-state index contributed by atoms with van der Waals surface area (Å²) in [4.78, 5) is 2.49. The van der Waals surface area contributed by atoms with Gasteiger partial charge in [-0.25, -0.2) is 0 Å². The van der Waals surface area contributed by atoms with E-state index in [1.165, 1.54) is 18.4 Å². The second kappa shape index (κ2) is 5.92. The Hall–Kier alpha value is -0.780. The molecule has 2 heterocycles. The molecule has 5 heteroatoms. The molecule has 110 valence electrons. The Morgan fingerprint density at radius 1 is 1.35 bits per heavy atom. The first-order valence-electron chi connectivity index (χ1n) is 7.22. The molecule has 4 nitrogen and oxygen atoms in total. The fraction of sp³-hybridized carbons (Fsp3) is 0.600. The largest absolute Gasteiger partial charge is 0.454 e. The summed E-state index contributed by atoms with van der Waals surface area (Å²) in [5.74, 6) is 2.45. The number of rotatable bonds is 3. The van der Waals surface area contributed by atoms with E-state index in [-0.39, 0.29) is 6.04 Å². The van der Waals surface area contributed by atoms with E-state index >= 15 is 0 Å². The van der Waals surface area contributed by atoms with Gasteiger partial charge in [-0.1, -0.05) is 6.92 Å². The van der Waals surface area contributed by atoms with E-state index in [1.807, 2.05) is 0 Å². The van der Waals surface area contributed by atoms with Crippen LogP contribution < -0.4 is 15.2 Å². The van der Waals surface area contributed by atoms with Crippen molar-refractivity contribution < 1.29 is 9.47 Å². The van der Waals surface area contributed by atoms with Gasteiger partial charge in [0.1, 0.15) is 0 Å². The highest BCUT2D eigenvalue weighted by Gasteiger charge is 2.26. The molecule has 2 aliphatic heterocycles. The zero-order chi connectivity index (χ0) is 14.1. The van der Waals surface area contributed by atoms with Crippen LogP contribution in [0.15, 0.2) is 16.6 Å². The first kappa shape index (κ1) is 14.2. The summed E-state index contributed by atoms with van der Waals surface area (Å²) in [5.41, 5.74) is 7.24. The van der Waals surface area contributed by atoms with Gasteiger partial charge in [0.05, 0.1) is 4.47 Å². The third-order valence-corrected chi connectivity index (χ3v) is 4.91. The fourth-order valence-corrected chi connectivity index (χ4v) is 3.59. The van der Waals surface area contributed by atoms with Crippen LogP contribution >= 0.6 is 15.9 Å². The summed E-state index contributed by atoms with van der Waals surface area (Å²) in [6.45, 7) is 5.49. The van der Waals surface area contributed by atoms with Gasteiger partial charge in [0.15, 0.2) is 11.5 Å². The van der Waals surface area contributed by atoms with Crippen molar-refractivity contribution in [2.45, 2.75) is 25.8 Å². The maximum atomic E-state index is 6.04. The van der Waals surface area contributed by atoms with Gasteiger partial charge in [-0.3, -0.25) is 4.90 Å². The molecule has 1 fully saturated rings. The summed E-state index contributed by atoms with van der Waals surface area (Å²) in [6.07, 6.45) is 2.50. The van der Waals surface area contributed by atoms with Crippen LogP contribution in [0.5, 0.6) is 11.5 Å². The maximum absolute atomic E-state index is 6.04. The molecule has 0 spiro atoms. The van der Waals surface area contributed by atoms with Gasteiger partial charge >= 0.3 is 0 Å². The number of fused-ring (bicyclic) bond motifs is 1. The zero-order valence-electron chi connectivity index (χ0n) is 11.8. The normalized spacial score (nSPS) is 21.1. The van der Waals surface area contributed by atoms with Crippen molar-refractivity contribution in [2.24, 2.45) is 11.7 Å². The minimum atomic E-state index is 0.258. The van der Waals surface area contributed by atoms with Crippen molar-refractivity contribution >= 4 is 15.9 Å². The van der Waals surface area contributed by atoms with Crippen LogP contribution in [0.2, 0.25) is 0 Å². The summed E-state index contributed by atoms with van der Waals surface area (Å²) in [6, 6.07) is 4.44. The number of hydrogen-bond acceptors (Lipinski definition) is 4. The highest BCUT2D eigenvalue weighted by molar-refractivity contribution is 9.10. The van der Waals surface area contributed by atoms with Crippen LogP contribution in [-0.2, 0) is 0 Å². The lowest BCUT2D eigenvalue weighted by molar-refractivity contribution is 0.141. The van der Waals surface area contributed by atoms with Crippen molar-refractivity contribution in [2.75, 3.05) is 26.4 Å². The molecule has 1 saturated heterocycles. The van der Waals surface area contributed by atoms with E-state index in [2.05, 4.69) is 39.9 Å². The first-order chi connectivity index (χ1) is 9.69. The number of halogens is 1. The molecule has 2 aliphatic rings. The smallest absolute Gasteiger partial charge is 0.231 e. The second-order valence-electron chi connectivity index (χ2n) is 5.71. The molecule has 0 saturated carbocycles. The van der Waals surface area contributed by atoms with Crippen LogP contribution in [0.1, 0.15) is 31.4 Å². The minimum Gasteiger partial charge on any atom is -0.454 e. The number of hydrogen-bond donors (Lipinski definition) is 1. The Morgan fingerprint density at radius 3 is 2.80 bits per heavy atom. The van der Waals surface area contributed by atoms with E-state index in [4.69, 9.17) is 15.2 Å². The van der Waals surface area contributed by atoms with Gasteiger partial charge < -0.3 is 15.2 Å². The van der Waals surface area contributed by atoms with Gasteiger partial charge in [-0.2, -0.15) is 0 Å². The second-order valence-corrected chi connectivity index (χ2v) is 6.56. The molecule has 0 aliphatic carbocycles. The molecule has 0 radical (unpaired) electrons. The Labute approximate surface area is 128 Å².